The third-order valence-corrected chi connectivity index (χ3v) is 4.71. The molecule has 4 rings (SSSR count). The van der Waals surface area contributed by atoms with E-state index >= 15 is 0 Å². The van der Waals surface area contributed by atoms with Gasteiger partial charge in [-0.25, -0.2) is 4.98 Å². The normalized spacial score (nSPS) is 20.0. The summed E-state index contributed by atoms with van der Waals surface area (Å²) in [5, 5.41) is 1.45. The second-order valence-electron chi connectivity index (χ2n) is 5.98. The van der Waals surface area contributed by atoms with Gasteiger partial charge in [-0.3, -0.25) is 4.90 Å². The summed E-state index contributed by atoms with van der Waals surface area (Å²) in [4.78, 5) is 6.66. The summed E-state index contributed by atoms with van der Waals surface area (Å²) < 4.78 is 6.07. The Balaban J connectivity index is 1.90. The van der Waals surface area contributed by atoms with Gasteiger partial charge in [-0.1, -0.05) is 23.8 Å². The molecule has 2 aromatic rings. The number of hydrogen-bond acceptors (Lipinski definition) is 3. The number of halogens is 1. The minimum Gasteiger partial charge on any atom is -0.455 e. The van der Waals surface area contributed by atoms with Crippen LogP contribution in [0.5, 0.6) is 0 Å². The van der Waals surface area contributed by atoms with Crippen molar-refractivity contribution in [2.75, 3.05) is 13.6 Å². The van der Waals surface area contributed by atoms with Gasteiger partial charge < -0.3 is 4.42 Å². The largest absolute Gasteiger partial charge is 0.455 e. The molecule has 116 valence electrons. The van der Waals surface area contributed by atoms with Gasteiger partial charge in [0.05, 0.1) is 5.22 Å². The number of likely N-dealkylation sites (tertiary alicyclic amines) is 1. The number of pyridine rings is 1. The second-order valence-corrected chi connectivity index (χ2v) is 6.37. The summed E-state index contributed by atoms with van der Waals surface area (Å²) in [6.45, 7) is 1.11. The third-order valence-electron chi connectivity index (χ3n) is 4.50. The van der Waals surface area contributed by atoms with Crippen LogP contribution >= 0.6 is 11.6 Å². The summed E-state index contributed by atoms with van der Waals surface area (Å²) >= 11 is 6.16. The Labute approximate surface area is 139 Å². The van der Waals surface area contributed by atoms with Crippen LogP contribution in [-0.4, -0.2) is 23.5 Å². The van der Waals surface area contributed by atoms with E-state index in [0.717, 1.165) is 34.9 Å². The van der Waals surface area contributed by atoms with E-state index in [9.17, 15) is 0 Å². The van der Waals surface area contributed by atoms with Gasteiger partial charge in [0.2, 0.25) is 0 Å². The first kappa shape index (κ1) is 14.5. The quantitative estimate of drug-likeness (QED) is 0.795. The zero-order valence-corrected chi connectivity index (χ0v) is 13.7. The molecule has 0 unspecified atom stereocenters. The van der Waals surface area contributed by atoms with Crippen LogP contribution in [0.2, 0.25) is 5.15 Å². The van der Waals surface area contributed by atoms with Gasteiger partial charge in [-0.2, -0.15) is 0 Å². The molecule has 1 atom stereocenters. The number of allylic oxidation sites excluding steroid dienone is 3. The van der Waals surface area contributed by atoms with Gasteiger partial charge in [-0.15, -0.1) is 5.73 Å². The van der Waals surface area contributed by atoms with E-state index in [-0.39, 0.29) is 0 Å². The van der Waals surface area contributed by atoms with Gasteiger partial charge >= 0.3 is 0 Å². The van der Waals surface area contributed by atoms with Crippen molar-refractivity contribution in [1.29, 1.82) is 0 Å². The Hall–Kier alpha value is -2.06. The molecule has 1 fully saturated rings. The standard InChI is InChI=1S/C19H17ClN2O/c1-22-9-5-7-16(22)15-12-21-19(20)11-14(15)18-10-13-6-3-2-4-8-17(13)23-18/h2-4,8,10-12,16H,5,7,9H2,1H3/t16-/m0/s1. The minimum atomic E-state index is 0.364. The van der Waals surface area contributed by atoms with Crippen molar-refractivity contribution in [3.63, 3.8) is 0 Å². The van der Waals surface area contributed by atoms with Crippen LogP contribution in [0.25, 0.3) is 23.1 Å². The maximum Gasteiger partial charge on any atom is 0.142 e. The van der Waals surface area contributed by atoms with Crippen LogP contribution in [0, 0.1) is 0 Å². The van der Waals surface area contributed by atoms with Crippen molar-refractivity contribution < 1.29 is 4.42 Å². The third kappa shape index (κ3) is 2.68. The highest BCUT2D eigenvalue weighted by Gasteiger charge is 2.26. The molecule has 0 radical (unpaired) electrons. The fourth-order valence-corrected chi connectivity index (χ4v) is 3.49. The maximum absolute atomic E-state index is 6.16. The van der Waals surface area contributed by atoms with Crippen LogP contribution in [0.15, 0.2) is 41.0 Å². The van der Waals surface area contributed by atoms with Crippen molar-refractivity contribution in [2.24, 2.45) is 0 Å². The van der Waals surface area contributed by atoms with Gasteiger partial charge in [0, 0.05) is 23.9 Å². The fourth-order valence-electron chi connectivity index (χ4n) is 3.33. The van der Waals surface area contributed by atoms with E-state index in [0.29, 0.717) is 11.2 Å². The summed E-state index contributed by atoms with van der Waals surface area (Å²) in [6, 6.07) is 4.29. The first-order valence-electron chi connectivity index (χ1n) is 7.82. The highest BCUT2D eigenvalue weighted by Crippen LogP contribution is 2.36. The average Bonchev–Trinajstić information content (AvgIpc) is 3.08. The van der Waals surface area contributed by atoms with E-state index < -0.39 is 0 Å². The zero-order valence-electron chi connectivity index (χ0n) is 12.9. The Bertz CT molecular complexity index is 935. The number of hydrogen-bond donors (Lipinski definition) is 0. The first-order chi connectivity index (χ1) is 11.2. The van der Waals surface area contributed by atoms with Crippen molar-refractivity contribution in [3.05, 3.63) is 57.9 Å². The molecule has 2 aromatic heterocycles. The van der Waals surface area contributed by atoms with Gasteiger partial charge in [0.15, 0.2) is 0 Å². The van der Waals surface area contributed by atoms with E-state index in [1.54, 1.807) is 0 Å². The molecule has 23 heavy (non-hydrogen) atoms. The Morgan fingerprint density at radius 2 is 2.26 bits per heavy atom. The maximum atomic E-state index is 6.16. The predicted octanol–water partition coefficient (Wildman–Crippen LogP) is 3.05. The van der Waals surface area contributed by atoms with Gasteiger partial charge in [0.1, 0.15) is 16.3 Å². The summed E-state index contributed by atoms with van der Waals surface area (Å²) in [5.41, 5.74) is 6.26. The highest BCUT2D eigenvalue weighted by molar-refractivity contribution is 6.29. The lowest BCUT2D eigenvalue weighted by molar-refractivity contribution is 0.317. The topological polar surface area (TPSA) is 29.3 Å². The molecule has 0 spiro atoms. The Morgan fingerprint density at radius 1 is 1.35 bits per heavy atom. The minimum absolute atomic E-state index is 0.364. The van der Waals surface area contributed by atoms with E-state index in [2.05, 4.69) is 22.7 Å². The average molecular weight is 325 g/mol. The molecule has 2 aliphatic rings. The van der Waals surface area contributed by atoms with Crippen LogP contribution in [0.4, 0.5) is 0 Å². The number of fused-ring (bicyclic) bond motifs is 1. The van der Waals surface area contributed by atoms with Crippen molar-refractivity contribution in [3.8, 4) is 11.3 Å². The molecule has 4 heteroatoms. The van der Waals surface area contributed by atoms with Crippen molar-refractivity contribution in [1.82, 2.24) is 9.88 Å². The Morgan fingerprint density at radius 3 is 3.09 bits per heavy atom. The molecule has 0 saturated carbocycles. The number of furan rings is 1. The first-order valence-corrected chi connectivity index (χ1v) is 8.20. The monoisotopic (exact) mass is 324 g/mol. The number of aromatic nitrogens is 1. The summed E-state index contributed by atoms with van der Waals surface area (Å²) in [7, 11) is 2.16. The number of rotatable bonds is 2. The fraction of sp³-hybridized carbons (Fsp3) is 0.263. The van der Waals surface area contributed by atoms with Crippen LogP contribution < -0.4 is 10.6 Å². The van der Waals surface area contributed by atoms with Crippen LogP contribution in [0.3, 0.4) is 0 Å². The molecule has 0 bridgehead atoms. The lowest BCUT2D eigenvalue weighted by Crippen LogP contribution is -2.18. The molecular weight excluding hydrogens is 308 g/mol. The Kier molecular flexibility index (Phi) is 3.70. The molecule has 3 heterocycles. The molecular formula is C19H17ClN2O. The molecule has 3 nitrogen and oxygen atoms in total. The number of nitrogens with zero attached hydrogens (tertiary/aromatic N) is 2. The van der Waals surface area contributed by atoms with Crippen molar-refractivity contribution >= 4 is 23.4 Å². The predicted molar refractivity (Wildman–Crippen MR) is 92.4 cm³/mol. The van der Waals surface area contributed by atoms with Gasteiger partial charge in [-0.05, 0) is 50.2 Å². The second kappa shape index (κ2) is 5.86. The van der Waals surface area contributed by atoms with Crippen LogP contribution in [0.1, 0.15) is 24.4 Å². The van der Waals surface area contributed by atoms with E-state index in [4.69, 9.17) is 16.0 Å². The molecule has 0 N–H and O–H groups in total. The molecule has 0 amide bonds. The zero-order chi connectivity index (χ0) is 15.8. The highest BCUT2D eigenvalue weighted by atomic mass is 35.5. The molecule has 1 aliphatic carbocycles. The van der Waals surface area contributed by atoms with Crippen LogP contribution in [-0.2, 0) is 0 Å². The SMILES string of the molecule is CN1CCC[C@H]1c1cnc(Cl)cc1-c1cc2c(o1)=CC=CC=C=2. The summed E-state index contributed by atoms with van der Waals surface area (Å²) in [5.74, 6) is 0.821. The summed E-state index contributed by atoms with van der Waals surface area (Å²) in [6.07, 6.45) is 12.0. The van der Waals surface area contributed by atoms with E-state index in [1.165, 1.54) is 12.0 Å². The smallest absolute Gasteiger partial charge is 0.142 e. The molecule has 0 aromatic carbocycles. The lowest BCUT2D eigenvalue weighted by Gasteiger charge is -2.21. The molecule has 1 saturated heterocycles. The molecule has 1 aliphatic heterocycles. The van der Waals surface area contributed by atoms with Gasteiger partial charge in [0.25, 0.3) is 0 Å². The van der Waals surface area contributed by atoms with Crippen molar-refractivity contribution in [2.45, 2.75) is 18.9 Å². The lowest BCUT2D eigenvalue weighted by atomic mass is 9.99. The van der Waals surface area contributed by atoms with E-state index in [1.807, 2.05) is 42.6 Å².